The third kappa shape index (κ3) is 2.73. The number of nitrogen functional groups attached to an aromatic ring is 1. The van der Waals surface area contributed by atoms with E-state index in [4.69, 9.17) is 5.73 Å². The number of nitrogens with zero attached hydrogens (tertiary/aromatic N) is 5. The summed E-state index contributed by atoms with van der Waals surface area (Å²) in [5.41, 5.74) is 7.31. The van der Waals surface area contributed by atoms with Gasteiger partial charge in [-0.15, -0.1) is 0 Å². The Labute approximate surface area is 138 Å². The summed E-state index contributed by atoms with van der Waals surface area (Å²) in [7, 11) is 0. The van der Waals surface area contributed by atoms with E-state index in [2.05, 4.69) is 24.8 Å². The van der Waals surface area contributed by atoms with Crippen molar-refractivity contribution in [3.63, 3.8) is 0 Å². The summed E-state index contributed by atoms with van der Waals surface area (Å²) < 4.78 is 13.4. The quantitative estimate of drug-likeness (QED) is 0.780. The molecule has 0 atom stereocenters. The van der Waals surface area contributed by atoms with Crippen LogP contribution in [0, 0.1) is 5.82 Å². The number of benzene rings is 1. The zero-order valence-electron chi connectivity index (χ0n) is 13.1. The van der Waals surface area contributed by atoms with Gasteiger partial charge in [-0.3, -0.25) is 0 Å². The number of fused-ring (bicyclic) bond motifs is 1. The second-order valence-corrected chi connectivity index (χ2v) is 5.96. The first-order valence-electron chi connectivity index (χ1n) is 7.94. The van der Waals surface area contributed by atoms with E-state index in [1.807, 2.05) is 6.07 Å². The van der Waals surface area contributed by atoms with E-state index in [0.717, 1.165) is 42.8 Å². The summed E-state index contributed by atoms with van der Waals surface area (Å²) >= 11 is 0. The molecule has 0 spiro atoms. The molecule has 24 heavy (non-hydrogen) atoms. The molecule has 3 aromatic rings. The van der Waals surface area contributed by atoms with Crippen molar-refractivity contribution in [1.29, 1.82) is 0 Å². The number of anilines is 2. The summed E-state index contributed by atoms with van der Waals surface area (Å²) in [4.78, 5) is 19.1. The second-order valence-electron chi connectivity index (χ2n) is 5.96. The van der Waals surface area contributed by atoms with Crippen LogP contribution in [0.3, 0.4) is 0 Å². The molecule has 1 aliphatic rings. The fraction of sp³-hybridized carbons (Fsp3) is 0.294. The van der Waals surface area contributed by atoms with Crippen LogP contribution in [0.25, 0.3) is 10.9 Å². The Hall–Kier alpha value is -2.83. The van der Waals surface area contributed by atoms with Crippen LogP contribution in [0.15, 0.2) is 36.8 Å². The van der Waals surface area contributed by atoms with Gasteiger partial charge < -0.3 is 10.6 Å². The van der Waals surface area contributed by atoms with E-state index >= 15 is 0 Å². The maximum Gasteiger partial charge on any atom is 0.220 e. The highest BCUT2D eigenvalue weighted by atomic mass is 19.1. The van der Waals surface area contributed by atoms with Crippen LogP contribution >= 0.6 is 0 Å². The molecular weight excluding hydrogens is 307 g/mol. The van der Waals surface area contributed by atoms with Gasteiger partial charge in [-0.2, -0.15) is 0 Å². The topological polar surface area (TPSA) is 80.8 Å². The van der Waals surface area contributed by atoms with Crippen molar-refractivity contribution in [1.82, 2.24) is 19.9 Å². The molecule has 0 bridgehead atoms. The molecule has 4 rings (SSSR count). The molecule has 0 unspecified atom stereocenters. The first kappa shape index (κ1) is 14.7. The second kappa shape index (κ2) is 5.99. The number of hydrogen-bond acceptors (Lipinski definition) is 6. The third-order valence-corrected chi connectivity index (χ3v) is 4.49. The molecule has 0 radical (unpaired) electrons. The predicted octanol–water partition coefficient (Wildman–Crippen LogP) is 2.53. The number of hydrogen-bond donors (Lipinski definition) is 1. The Bertz CT molecular complexity index is 876. The lowest BCUT2D eigenvalue weighted by molar-refractivity contribution is 0.494. The van der Waals surface area contributed by atoms with Gasteiger partial charge >= 0.3 is 0 Å². The lowest BCUT2D eigenvalue weighted by Crippen LogP contribution is -2.34. The van der Waals surface area contributed by atoms with E-state index in [1.54, 1.807) is 12.3 Å². The van der Waals surface area contributed by atoms with E-state index < -0.39 is 0 Å². The van der Waals surface area contributed by atoms with E-state index in [-0.39, 0.29) is 5.82 Å². The van der Waals surface area contributed by atoms with Gasteiger partial charge in [0.25, 0.3) is 0 Å². The van der Waals surface area contributed by atoms with Gasteiger partial charge in [0.2, 0.25) is 5.95 Å². The van der Waals surface area contributed by atoms with Crippen molar-refractivity contribution in [2.75, 3.05) is 23.7 Å². The number of piperidine rings is 1. The highest BCUT2D eigenvalue weighted by molar-refractivity contribution is 5.89. The molecule has 3 heterocycles. The van der Waals surface area contributed by atoms with Crippen molar-refractivity contribution in [3.8, 4) is 0 Å². The highest BCUT2D eigenvalue weighted by Crippen LogP contribution is 2.31. The van der Waals surface area contributed by atoms with Gasteiger partial charge in [0.1, 0.15) is 18.0 Å². The maximum absolute atomic E-state index is 13.4. The largest absolute Gasteiger partial charge is 0.368 e. The van der Waals surface area contributed by atoms with Gasteiger partial charge in [0.15, 0.2) is 0 Å². The average Bonchev–Trinajstić information content (AvgIpc) is 2.61. The number of nitrogens with two attached hydrogens (primary N) is 1. The number of aromatic nitrogens is 4. The molecule has 0 saturated carbocycles. The van der Waals surface area contributed by atoms with Crippen LogP contribution < -0.4 is 10.6 Å². The molecule has 1 aliphatic heterocycles. The Morgan fingerprint density at radius 3 is 2.71 bits per heavy atom. The van der Waals surface area contributed by atoms with Gasteiger partial charge in [-0.25, -0.2) is 24.3 Å². The summed E-state index contributed by atoms with van der Waals surface area (Å²) in [6, 6.07) is 6.57. The average molecular weight is 324 g/mol. The molecule has 0 amide bonds. The van der Waals surface area contributed by atoms with Gasteiger partial charge in [0.05, 0.1) is 5.52 Å². The Balaban J connectivity index is 1.56. The van der Waals surface area contributed by atoms with Gasteiger partial charge in [-0.1, -0.05) is 0 Å². The third-order valence-electron chi connectivity index (χ3n) is 4.49. The lowest BCUT2D eigenvalue weighted by Gasteiger charge is -2.33. The van der Waals surface area contributed by atoms with Crippen LogP contribution in [0.2, 0.25) is 0 Å². The first-order chi connectivity index (χ1) is 11.7. The molecule has 1 saturated heterocycles. The van der Waals surface area contributed by atoms with Gasteiger partial charge in [0, 0.05) is 42.4 Å². The predicted molar refractivity (Wildman–Crippen MR) is 90.1 cm³/mol. The van der Waals surface area contributed by atoms with Gasteiger partial charge in [-0.05, 0) is 31.0 Å². The maximum atomic E-state index is 13.4. The molecule has 122 valence electrons. The zero-order valence-corrected chi connectivity index (χ0v) is 13.1. The molecule has 2 N–H and O–H groups in total. The monoisotopic (exact) mass is 324 g/mol. The normalized spacial score (nSPS) is 15.8. The standard InChI is InChI=1S/C17H17FN6/c18-12-1-2-13-15(9-12)21-10-22-16(13)24-7-4-11(5-8-24)14-3-6-20-17(19)23-14/h1-3,6,9-11H,4-5,7-8H2,(H2,19,20,23). The highest BCUT2D eigenvalue weighted by Gasteiger charge is 2.23. The van der Waals surface area contributed by atoms with Crippen molar-refractivity contribution < 1.29 is 4.39 Å². The Morgan fingerprint density at radius 2 is 1.92 bits per heavy atom. The molecule has 1 fully saturated rings. The summed E-state index contributed by atoms with van der Waals surface area (Å²) in [5.74, 6) is 1.27. The molecule has 2 aromatic heterocycles. The Kier molecular flexibility index (Phi) is 3.68. The summed E-state index contributed by atoms with van der Waals surface area (Å²) in [6.07, 6.45) is 5.12. The number of halogens is 1. The van der Waals surface area contributed by atoms with Crippen LogP contribution in [-0.4, -0.2) is 33.0 Å². The minimum atomic E-state index is -0.285. The number of rotatable bonds is 2. The van der Waals surface area contributed by atoms with Crippen molar-refractivity contribution in [2.24, 2.45) is 0 Å². The Morgan fingerprint density at radius 1 is 1.08 bits per heavy atom. The molecule has 6 nitrogen and oxygen atoms in total. The minimum absolute atomic E-state index is 0.285. The van der Waals surface area contributed by atoms with Crippen LogP contribution in [0.4, 0.5) is 16.2 Å². The molecule has 7 heteroatoms. The van der Waals surface area contributed by atoms with Crippen LogP contribution in [0.5, 0.6) is 0 Å². The molecular formula is C17H17FN6. The zero-order chi connectivity index (χ0) is 16.5. The summed E-state index contributed by atoms with van der Waals surface area (Å²) in [6.45, 7) is 1.72. The van der Waals surface area contributed by atoms with E-state index in [1.165, 1.54) is 18.5 Å². The fourth-order valence-electron chi connectivity index (χ4n) is 3.27. The summed E-state index contributed by atoms with van der Waals surface area (Å²) in [5, 5.41) is 0.878. The lowest BCUT2D eigenvalue weighted by atomic mass is 9.93. The molecule has 0 aliphatic carbocycles. The van der Waals surface area contributed by atoms with Crippen LogP contribution in [0.1, 0.15) is 24.5 Å². The minimum Gasteiger partial charge on any atom is -0.368 e. The van der Waals surface area contributed by atoms with E-state index in [9.17, 15) is 4.39 Å². The van der Waals surface area contributed by atoms with Crippen molar-refractivity contribution >= 4 is 22.7 Å². The van der Waals surface area contributed by atoms with Crippen LogP contribution in [-0.2, 0) is 0 Å². The SMILES string of the molecule is Nc1nccc(C2CCN(c3ncnc4cc(F)ccc34)CC2)n1. The first-order valence-corrected chi connectivity index (χ1v) is 7.94. The van der Waals surface area contributed by atoms with Crippen molar-refractivity contribution in [3.05, 3.63) is 48.3 Å². The van der Waals surface area contributed by atoms with Crippen molar-refractivity contribution in [2.45, 2.75) is 18.8 Å². The smallest absolute Gasteiger partial charge is 0.220 e. The molecule has 1 aromatic carbocycles. The fourth-order valence-corrected chi connectivity index (χ4v) is 3.27. The van der Waals surface area contributed by atoms with E-state index in [0.29, 0.717) is 17.4 Å².